The maximum Gasteiger partial charge on any atom is 0.157 e. The lowest BCUT2D eigenvalue weighted by atomic mass is 10.1. The molecule has 2 aromatic rings. The third-order valence-electron chi connectivity index (χ3n) is 2.43. The summed E-state index contributed by atoms with van der Waals surface area (Å²) in [7, 11) is 0. The number of furan rings is 1. The van der Waals surface area contributed by atoms with Gasteiger partial charge in [0.25, 0.3) is 0 Å². The quantitative estimate of drug-likeness (QED) is 0.805. The SMILES string of the molecule is Cc1ccc(C[NH2+]Cc2ccco2)cc1. The summed E-state index contributed by atoms with van der Waals surface area (Å²) in [5.74, 6) is 1.03. The van der Waals surface area contributed by atoms with Crippen LogP contribution in [0.25, 0.3) is 0 Å². The molecular formula is C13H16NO+. The van der Waals surface area contributed by atoms with Crippen molar-refractivity contribution in [3.63, 3.8) is 0 Å². The molecule has 0 amide bonds. The van der Waals surface area contributed by atoms with Gasteiger partial charge in [0.05, 0.1) is 6.26 Å². The predicted octanol–water partition coefficient (Wildman–Crippen LogP) is 1.85. The number of hydrogen-bond donors (Lipinski definition) is 1. The van der Waals surface area contributed by atoms with Crippen LogP contribution in [-0.4, -0.2) is 0 Å². The van der Waals surface area contributed by atoms with Crippen molar-refractivity contribution >= 4 is 0 Å². The molecule has 2 rings (SSSR count). The maximum absolute atomic E-state index is 5.26. The smallest absolute Gasteiger partial charge is 0.157 e. The van der Waals surface area contributed by atoms with Gasteiger partial charge in [-0.2, -0.15) is 0 Å². The number of nitrogens with two attached hydrogens (primary N) is 1. The van der Waals surface area contributed by atoms with Gasteiger partial charge in [0.15, 0.2) is 5.76 Å². The molecule has 0 saturated carbocycles. The molecule has 2 N–H and O–H groups in total. The van der Waals surface area contributed by atoms with E-state index in [2.05, 4.69) is 36.5 Å². The maximum atomic E-state index is 5.26. The molecule has 0 aliphatic carbocycles. The average Bonchev–Trinajstić information content (AvgIpc) is 2.74. The Hall–Kier alpha value is -1.54. The first-order valence-corrected chi connectivity index (χ1v) is 5.24. The van der Waals surface area contributed by atoms with E-state index in [0.29, 0.717) is 0 Å². The monoisotopic (exact) mass is 202 g/mol. The molecule has 0 saturated heterocycles. The number of aryl methyl sites for hydroxylation is 1. The Morgan fingerprint density at radius 2 is 1.87 bits per heavy atom. The van der Waals surface area contributed by atoms with Gasteiger partial charge in [0.1, 0.15) is 13.1 Å². The van der Waals surface area contributed by atoms with Gasteiger partial charge in [0, 0.05) is 5.56 Å². The van der Waals surface area contributed by atoms with Crippen LogP contribution in [0.5, 0.6) is 0 Å². The fourth-order valence-corrected chi connectivity index (χ4v) is 1.53. The Morgan fingerprint density at radius 1 is 1.07 bits per heavy atom. The number of benzene rings is 1. The lowest BCUT2D eigenvalue weighted by Gasteiger charge is -2.00. The van der Waals surface area contributed by atoms with Crippen molar-refractivity contribution in [3.05, 3.63) is 59.5 Å². The molecule has 1 aromatic carbocycles. The summed E-state index contributed by atoms with van der Waals surface area (Å²) in [5.41, 5.74) is 2.66. The Balaban J connectivity index is 1.81. The predicted molar refractivity (Wildman–Crippen MR) is 59.2 cm³/mol. The van der Waals surface area contributed by atoms with Gasteiger partial charge in [-0.15, -0.1) is 0 Å². The number of hydrogen-bond acceptors (Lipinski definition) is 1. The van der Waals surface area contributed by atoms with Gasteiger partial charge in [0.2, 0.25) is 0 Å². The molecule has 0 fully saturated rings. The lowest BCUT2D eigenvalue weighted by Crippen LogP contribution is -2.80. The van der Waals surface area contributed by atoms with E-state index in [1.807, 2.05) is 12.1 Å². The van der Waals surface area contributed by atoms with Crippen molar-refractivity contribution in [1.82, 2.24) is 0 Å². The molecular weight excluding hydrogens is 186 g/mol. The molecule has 0 aliphatic heterocycles. The van der Waals surface area contributed by atoms with Crippen LogP contribution in [-0.2, 0) is 13.1 Å². The molecule has 0 spiro atoms. The zero-order chi connectivity index (χ0) is 10.5. The van der Waals surface area contributed by atoms with Crippen LogP contribution in [0.15, 0.2) is 47.1 Å². The normalized spacial score (nSPS) is 10.5. The molecule has 2 heteroatoms. The summed E-state index contributed by atoms with van der Waals surface area (Å²) in [6.45, 7) is 4.01. The minimum absolute atomic E-state index is 0.904. The van der Waals surface area contributed by atoms with Crippen LogP contribution in [0.4, 0.5) is 0 Å². The molecule has 0 atom stereocenters. The van der Waals surface area contributed by atoms with Gasteiger partial charge >= 0.3 is 0 Å². The van der Waals surface area contributed by atoms with Crippen molar-refractivity contribution in [3.8, 4) is 0 Å². The zero-order valence-corrected chi connectivity index (χ0v) is 8.94. The molecule has 1 aromatic heterocycles. The Bertz CT molecular complexity index is 389. The molecule has 78 valence electrons. The summed E-state index contributed by atoms with van der Waals surface area (Å²) in [6, 6.07) is 12.6. The van der Waals surface area contributed by atoms with Crippen LogP contribution in [0.2, 0.25) is 0 Å². The third kappa shape index (κ3) is 2.96. The molecule has 0 aliphatic rings. The van der Waals surface area contributed by atoms with Gasteiger partial charge < -0.3 is 9.73 Å². The molecule has 15 heavy (non-hydrogen) atoms. The van der Waals surface area contributed by atoms with Gasteiger partial charge in [-0.1, -0.05) is 29.8 Å². The first-order valence-electron chi connectivity index (χ1n) is 5.24. The highest BCUT2D eigenvalue weighted by atomic mass is 16.3. The highest BCUT2D eigenvalue weighted by Gasteiger charge is 1.98. The van der Waals surface area contributed by atoms with E-state index in [0.717, 1.165) is 18.8 Å². The first-order chi connectivity index (χ1) is 7.34. The summed E-state index contributed by atoms with van der Waals surface area (Å²) < 4.78 is 5.26. The zero-order valence-electron chi connectivity index (χ0n) is 8.94. The van der Waals surface area contributed by atoms with Crippen molar-refractivity contribution in [2.24, 2.45) is 0 Å². The van der Waals surface area contributed by atoms with Crippen molar-refractivity contribution < 1.29 is 9.73 Å². The summed E-state index contributed by atoms with van der Waals surface area (Å²) in [5, 5.41) is 2.24. The average molecular weight is 202 g/mol. The fraction of sp³-hybridized carbons (Fsp3) is 0.231. The van der Waals surface area contributed by atoms with Crippen LogP contribution < -0.4 is 5.32 Å². The van der Waals surface area contributed by atoms with Crippen molar-refractivity contribution in [2.45, 2.75) is 20.0 Å². The topological polar surface area (TPSA) is 29.8 Å². The van der Waals surface area contributed by atoms with Crippen molar-refractivity contribution in [2.75, 3.05) is 0 Å². The summed E-state index contributed by atoms with van der Waals surface area (Å²) >= 11 is 0. The van der Waals surface area contributed by atoms with Gasteiger partial charge in [-0.05, 0) is 19.1 Å². The molecule has 0 radical (unpaired) electrons. The van der Waals surface area contributed by atoms with Crippen LogP contribution >= 0.6 is 0 Å². The largest absolute Gasteiger partial charge is 0.463 e. The highest BCUT2D eigenvalue weighted by Crippen LogP contribution is 2.01. The fourth-order valence-electron chi connectivity index (χ4n) is 1.53. The van der Waals surface area contributed by atoms with E-state index >= 15 is 0 Å². The second kappa shape index (κ2) is 4.80. The highest BCUT2D eigenvalue weighted by molar-refractivity contribution is 5.20. The van der Waals surface area contributed by atoms with Gasteiger partial charge in [-0.3, -0.25) is 0 Å². The second-order valence-corrected chi connectivity index (χ2v) is 3.76. The Morgan fingerprint density at radius 3 is 2.53 bits per heavy atom. The Labute approximate surface area is 89.9 Å². The second-order valence-electron chi connectivity index (χ2n) is 3.76. The van der Waals surface area contributed by atoms with E-state index in [1.165, 1.54) is 11.1 Å². The van der Waals surface area contributed by atoms with E-state index in [1.54, 1.807) is 6.26 Å². The molecule has 0 unspecified atom stereocenters. The summed E-state index contributed by atoms with van der Waals surface area (Å²) in [4.78, 5) is 0. The number of quaternary nitrogens is 1. The standard InChI is InChI=1S/C13H15NO/c1-11-4-6-12(7-5-11)9-14-10-13-3-2-8-15-13/h2-8,14H,9-10H2,1H3/p+1. The number of rotatable bonds is 4. The van der Waals surface area contributed by atoms with E-state index in [9.17, 15) is 0 Å². The lowest BCUT2D eigenvalue weighted by molar-refractivity contribution is -0.687. The molecule has 0 bridgehead atoms. The van der Waals surface area contributed by atoms with Gasteiger partial charge in [-0.25, -0.2) is 0 Å². The Kier molecular flexibility index (Phi) is 3.20. The molecule has 2 nitrogen and oxygen atoms in total. The van der Waals surface area contributed by atoms with E-state index in [-0.39, 0.29) is 0 Å². The minimum Gasteiger partial charge on any atom is -0.463 e. The van der Waals surface area contributed by atoms with Crippen LogP contribution in [0.1, 0.15) is 16.9 Å². The van der Waals surface area contributed by atoms with Crippen molar-refractivity contribution in [1.29, 1.82) is 0 Å². The van der Waals surface area contributed by atoms with Crippen LogP contribution in [0, 0.1) is 6.92 Å². The third-order valence-corrected chi connectivity index (χ3v) is 2.43. The molecule has 1 heterocycles. The minimum atomic E-state index is 0.904. The van der Waals surface area contributed by atoms with E-state index in [4.69, 9.17) is 4.42 Å². The van der Waals surface area contributed by atoms with E-state index < -0.39 is 0 Å². The first kappa shape index (κ1) is 9.99. The summed E-state index contributed by atoms with van der Waals surface area (Å²) in [6.07, 6.45) is 1.72. The van der Waals surface area contributed by atoms with Crippen LogP contribution in [0.3, 0.4) is 0 Å².